The van der Waals surface area contributed by atoms with Crippen LogP contribution in [-0.4, -0.2) is 26.5 Å². The van der Waals surface area contributed by atoms with Crippen LogP contribution in [0.2, 0.25) is 10.0 Å². The average molecular weight is 538 g/mol. The number of nitrogens with zero attached hydrogens (tertiary/aromatic N) is 5. The molecule has 1 saturated carbocycles. The van der Waals surface area contributed by atoms with Crippen LogP contribution in [0, 0.1) is 22.6 Å². The Morgan fingerprint density at radius 3 is 2.68 bits per heavy atom. The molecule has 10 heteroatoms. The summed E-state index contributed by atoms with van der Waals surface area (Å²) >= 11 is 13.1. The van der Waals surface area contributed by atoms with Gasteiger partial charge in [-0.3, -0.25) is 4.98 Å². The summed E-state index contributed by atoms with van der Waals surface area (Å²) in [6.07, 6.45) is 5.56. The minimum Gasteiger partial charge on any atom is -0.383 e. The molecule has 1 aliphatic carbocycles. The summed E-state index contributed by atoms with van der Waals surface area (Å²) < 4.78 is 15.7. The Morgan fingerprint density at radius 2 is 2.00 bits per heavy atom. The molecule has 0 radical (unpaired) electrons. The van der Waals surface area contributed by atoms with Gasteiger partial charge < -0.3 is 10.6 Å². The van der Waals surface area contributed by atoms with Crippen molar-refractivity contribution in [2.24, 2.45) is 5.41 Å². The molecule has 1 aliphatic rings. The number of halogens is 3. The van der Waals surface area contributed by atoms with Crippen molar-refractivity contribution in [3.05, 3.63) is 75.4 Å². The van der Waals surface area contributed by atoms with E-state index in [0.29, 0.717) is 56.7 Å². The highest BCUT2D eigenvalue weighted by Crippen LogP contribution is 2.39. The van der Waals surface area contributed by atoms with Crippen LogP contribution in [0.3, 0.4) is 0 Å². The normalized spacial score (nSPS) is 14.4. The molecule has 0 saturated heterocycles. The number of benzene rings is 2. The van der Waals surface area contributed by atoms with Crippen LogP contribution in [0.4, 0.5) is 15.8 Å². The SMILES string of the molecule is CC(C)(C)CNc1c(C#N)cnc2c(N[C@H](c3cn(C4CC4)nn3)c3ccc(F)cc3Cl)cc(Cl)cc12. The Hall–Kier alpha value is -3.41. The Bertz CT molecular complexity index is 1520. The predicted octanol–water partition coefficient (Wildman–Crippen LogP) is 7.14. The van der Waals surface area contributed by atoms with Gasteiger partial charge in [0.15, 0.2) is 0 Å². The van der Waals surface area contributed by atoms with Crippen LogP contribution >= 0.6 is 23.2 Å². The van der Waals surface area contributed by atoms with Gasteiger partial charge in [-0.2, -0.15) is 5.26 Å². The molecular weight excluding hydrogens is 512 g/mol. The van der Waals surface area contributed by atoms with Gasteiger partial charge in [0.2, 0.25) is 0 Å². The Labute approximate surface area is 224 Å². The summed E-state index contributed by atoms with van der Waals surface area (Å²) in [6.45, 7) is 6.98. The van der Waals surface area contributed by atoms with Crippen molar-refractivity contribution in [3.63, 3.8) is 0 Å². The van der Waals surface area contributed by atoms with E-state index in [1.807, 2.05) is 10.9 Å². The number of nitriles is 1. The molecule has 0 spiro atoms. The maximum Gasteiger partial charge on any atom is 0.124 e. The van der Waals surface area contributed by atoms with E-state index in [1.165, 1.54) is 12.1 Å². The second-order valence-corrected chi connectivity index (χ2v) is 11.4. The second-order valence-electron chi connectivity index (χ2n) is 10.5. The van der Waals surface area contributed by atoms with Crippen LogP contribution in [0.1, 0.15) is 62.5 Å². The molecule has 37 heavy (non-hydrogen) atoms. The van der Waals surface area contributed by atoms with E-state index in [0.717, 1.165) is 12.8 Å². The highest BCUT2D eigenvalue weighted by Gasteiger charge is 2.28. The topological polar surface area (TPSA) is 91.5 Å². The summed E-state index contributed by atoms with van der Waals surface area (Å²) in [4.78, 5) is 4.60. The number of nitrogens with one attached hydrogen (secondary N) is 2. The van der Waals surface area contributed by atoms with E-state index >= 15 is 0 Å². The van der Waals surface area contributed by atoms with Crippen molar-refractivity contribution >= 4 is 45.5 Å². The van der Waals surface area contributed by atoms with Crippen LogP contribution in [0.25, 0.3) is 10.9 Å². The van der Waals surface area contributed by atoms with Gasteiger partial charge in [-0.25, -0.2) is 9.07 Å². The van der Waals surface area contributed by atoms with E-state index in [2.05, 4.69) is 52.8 Å². The standard InChI is InChI=1S/C27H26Cl2FN7/c1-27(2,3)14-33-24-15(11-31)12-32-25-20(24)8-16(28)9-22(25)34-26(19-7-4-17(30)10-21(19)29)23-13-37(36-35-23)18-5-6-18/h4,7-10,12-13,18,26,34H,5-6,14H2,1-3H3,(H,32,33)/t26-/m0/s1. The predicted molar refractivity (Wildman–Crippen MR) is 145 cm³/mol. The van der Waals surface area contributed by atoms with Gasteiger partial charge in [-0.1, -0.05) is 55.3 Å². The zero-order valence-corrected chi connectivity index (χ0v) is 22.2. The molecule has 2 N–H and O–H groups in total. The van der Waals surface area contributed by atoms with Crippen LogP contribution in [0.5, 0.6) is 0 Å². The number of hydrogen-bond acceptors (Lipinski definition) is 6. The molecular formula is C27H26Cl2FN7. The third kappa shape index (κ3) is 5.48. The summed E-state index contributed by atoms with van der Waals surface area (Å²) in [6, 6.07) is 9.86. The molecule has 0 unspecified atom stereocenters. The molecule has 2 aromatic carbocycles. The van der Waals surface area contributed by atoms with Crippen molar-refractivity contribution in [2.45, 2.75) is 45.7 Å². The van der Waals surface area contributed by atoms with E-state index in [-0.39, 0.29) is 10.4 Å². The zero-order chi connectivity index (χ0) is 26.3. The molecule has 2 heterocycles. The molecule has 0 bridgehead atoms. The van der Waals surface area contributed by atoms with E-state index in [9.17, 15) is 9.65 Å². The van der Waals surface area contributed by atoms with Crippen molar-refractivity contribution in [1.82, 2.24) is 20.0 Å². The first-order valence-electron chi connectivity index (χ1n) is 12.0. The van der Waals surface area contributed by atoms with Crippen LogP contribution < -0.4 is 10.6 Å². The Morgan fingerprint density at radius 1 is 1.22 bits per heavy atom. The van der Waals surface area contributed by atoms with Crippen molar-refractivity contribution in [1.29, 1.82) is 5.26 Å². The maximum atomic E-state index is 13.9. The second kappa shape index (κ2) is 9.81. The van der Waals surface area contributed by atoms with Gasteiger partial charge >= 0.3 is 0 Å². The Balaban J connectivity index is 1.62. The molecule has 5 rings (SSSR count). The Kier molecular flexibility index (Phi) is 6.69. The molecule has 190 valence electrons. The lowest BCUT2D eigenvalue weighted by molar-refractivity contribution is 0.443. The number of fused-ring (bicyclic) bond motifs is 1. The summed E-state index contributed by atoms with van der Waals surface area (Å²) in [5, 5.41) is 26.8. The summed E-state index contributed by atoms with van der Waals surface area (Å²) in [5.41, 5.74) is 3.60. The molecule has 1 atom stereocenters. The van der Waals surface area contributed by atoms with E-state index in [4.69, 9.17) is 23.2 Å². The lowest BCUT2D eigenvalue weighted by Gasteiger charge is -2.23. The summed E-state index contributed by atoms with van der Waals surface area (Å²) in [7, 11) is 0. The molecule has 1 fully saturated rings. The van der Waals surface area contributed by atoms with Crippen molar-refractivity contribution in [3.8, 4) is 6.07 Å². The van der Waals surface area contributed by atoms with Gasteiger partial charge in [0.1, 0.15) is 17.6 Å². The maximum absolute atomic E-state index is 13.9. The number of aromatic nitrogens is 4. The van der Waals surface area contributed by atoms with Crippen molar-refractivity contribution in [2.75, 3.05) is 17.2 Å². The third-order valence-electron chi connectivity index (χ3n) is 6.17. The zero-order valence-electron chi connectivity index (χ0n) is 20.7. The third-order valence-corrected chi connectivity index (χ3v) is 6.72. The molecule has 4 aromatic rings. The first kappa shape index (κ1) is 25.2. The fourth-order valence-corrected chi connectivity index (χ4v) is 4.64. The highest BCUT2D eigenvalue weighted by molar-refractivity contribution is 6.32. The van der Waals surface area contributed by atoms with Gasteiger partial charge in [-0.05, 0) is 48.1 Å². The molecule has 2 aromatic heterocycles. The smallest absolute Gasteiger partial charge is 0.124 e. The van der Waals surface area contributed by atoms with E-state index in [1.54, 1.807) is 24.4 Å². The largest absolute Gasteiger partial charge is 0.383 e. The number of hydrogen-bond donors (Lipinski definition) is 2. The van der Waals surface area contributed by atoms with Gasteiger partial charge in [-0.15, -0.1) is 5.10 Å². The minimum atomic E-state index is -0.550. The first-order chi connectivity index (χ1) is 17.6. The molecule has 7 nitrogen and oxygen atoms in total. The van der Waals surface area contributed by atoms with Crippen LogP contribution in [0.15, 0.2) is 42.7 Å². The van der Waals surface area contributed by atoms with Crippen molar-refractivity contribution < 1.29 is 4.39 Å². The molecule has 0 amide bonds. The first-order valence-corrected chi connectivity index (χ1v) is 12.8. The average Bonchev–Trinajstić information content (AvgIpc) is 3.57. The van der Waals surface area contributed by atoms with Gasteiger partial charge in [0.25, 0.3) is 0 Å². The van der Waals surface area contributed by atoms with Gasteiger partial charge in [0, 0.05) is 28.2 Å². The highest BCUT2D eigenvalue weighted by atomic mass is 35.5. The van der Waals surface area contributed by atoms with Crippen LogP contribution in [-0.2, 0) is 0 Å². The number of pyridine rings is 1. The lowest BCUT2D eigenvalue weighted by Crippen LogP contribution is -2.20. The lowest BCUT2D eigenvalue weighted by atomic mass is 9.96. The van der Waals surface area contributed by atoms with Gasteiger partial charge in [0.05, 0.1) is 40.7 Å². The number of rotatable bonds is 7. The summed E-state index contributed by atoms with van der Waals surface area (Å²) in [5.74, 6) is -0.428. The molecule has 0 aliphatic heterocycles. The quantitative estimate of drug-likeness (QED) is 0.260. The monoisotopic (exact) mass is 537 g/mol. The fraction of sp³-hybridized carbons (Fsp3) is 0.333. The number of anilines is 2. The van der Waals surface area contributed by atoms with E-state index < -0.39 is 11.9 Å². The fourth-order valence-electron chi connectivity index (χ4n) is 4.15. The minimum absolute atomic E-state index is 0.0141.